The van der Waals surface area contributed by atoms with Gasteiger partial charge < -0.3 is 0 Å². The van der Waals surface area contributed by atoms with E-state index in [1.807, 2.05) is 11.8 Å². The molecule has 1 aromatic rings. The maximum Gasteiger partial charge on any atom is 0.0713 e. The van der Waals surface area contributed by atoms with Crippen LogP contribution in [0, 0.1) is 0 Å². The van der Waals surface area contributed by atoms with Crippen LogP contribution >= 0.6 is 27.7 Å². The lowest BCUT2D eigenvalue weighted by atomic mass is 10.0. The normalized spacial score (nSPS) is 28.5. The number of thioether (sulfide) groups is 1. The van der Waals surface area contributed by atoms with Crippen molar-refractivity contribution in [1.29, 1.82) is 0 Å². The van der Waals surface area contributed by atoms with E-state index in [0.717, 1.165) is 0 Å². The SMILES string of the molecule is CC1c2ccccc2SC1Br. The fraction of sp³-hybridized carbons (Fsp3) is 0.333. The summed E-state index contributed by atoms with van der Waals surface area (Å²) >= 11 is 5.56. The highest BCUT2D eigenvalue weighted by molar-refractivity contribution is 9.11. The molecule has 2 rings (SSSR count). The first kappa shape index (κ1) is 7.69. The minimum absolute atomic E-state index is 0.569. The third-order valence-corrected chi connectivity index (χ3v) is 4.66. The van der Waals surface area contributed by atoms with Crippen molar-refractivity contribution in [2.45, 2.75) is 21.9 Å². The van der Waals surface area contributed by atoms with E-state index in [9.17, 15) is 0 Å². The van der Waals surface area contributed by atoms with Crippen LogP contribution in [-0.4, -0.2) is 4.16 Å². The van der Waals surface area contributed by atoms with Gasteiger partial charge in [0.1, 0.15) is 0 Å². The summed E-state index contributed by atoms with van der Waals surface area (Å²) in [6.45, 7) is 2.26. The Morgan fingerprint density at radius 3 is 2.82 bits per heavy atom. The van der Waals surface area contributed by atoms with E-state index < -0.39 is 0 Å². The third kappa shape index (κ3) is 1.23. The van der Waals surface area contributed by atoms with E-state index in [-0.39, 0.29) is 0 Å². The molecule has 1 aliphatic rings. The molecule has 58 valence electrons. The molecule has 0 amide bonds. The molecule has 0 saturated carbocycles. The Morgan fingerprint density at radius 2 is 2.09 bits per heavy atom. The average molecular weight is 229 g/mol. The molecule has 0 saturated heterocycles. The van der Waals surface area contributed by atoms with Crippen molar-refractivity contribution in [3.05, 3.63) is 29.8 Å². The standard InChI is InChI=1S/C9H9BrS/c1-6-7-4-2-3-5-8(7)11-9(6)10/h2-6,9H,1H3. The molecule has 1 heterocycles. The summed E-state index contributed by atoms with van der Waals surface area (Å²) < 4.78 is 0.569. The molecular formula is C9H9BrS. The molecule has 2 heteroatoms. The van der Waals surface area contributed by atoms with Crippen LogP contribution in [0.2, 0.25) is 0 Å². The maximum absolute atomic E-state index is 3.65. The van der Waals surface area contributed by atoms with Crippen LogP contribution in [0.1, 0.15) is 18.4 Å². The highest BCUT2D eigenvalue weighted by atomic mass is 79.9. The van der Waals surface area contributed by atoms with E-state index in [0.29, 0.717) is 10.1 Å². The topological polar surface area (TPSA) is 0 Å². The minimum atomic E-state index is 0.569. The first-order chi connectivity index (χ1) is 5.29. The first-order valence-corrected chi connectivity index (χ1v) is 5.48. The molecule has 0 fully saturated rings. The van der Waals surface area contributed by atoms with Gasteiger partial charge in [-0.3, -0.25) is 0 Å². The minimum Gasteiger partial charge on any atom is -0.110 e. The number of hydrogen-bond donors (Lipinski definition) is 0. The quantitative estimate of drug-likeness (QED) is 0.612. The molecule has 0 aliphatic carbocycles. The molecule has 0 bridgehead atoms. The van der Waals surface area contributed by atoms with E-state index in [1.165, 1.54) is 10.5 Å². The van der Waals surface area contributed by atoms with Gasteiger partial charge in [0.2, 0.25) is 0 Å². The fourth-order valence-corrected chi connectivity index (χ4v) is 3.36. The van der Waals surface area contributed by atoms with Gasteiger partial charge in [0.25, 0.3) is 0 Å². The van der Waals surface area contributed by atoms with Crippen LogP contribution in [0.5, 0.6) is 0 Å². The van der Waals surface area contributed by atoms with Gasteiger partial charge in [0.05, 0.1) is 4.16 Å². The number of halogens is 1. The van der Waals surface area contributed by atoms with Crippen molar-refractivity contribution in [1.82, 2.24) is 0 Å². The largest absolute Gasteiger partial charge is 0.110 e. The van der Waals surface area contributed by atoms with Crippen molar-refractivity contribution < 1.29 is 0 Å². The van der Waals surface area contributed by atoms with Gasteiger partial charge in [-0.2, -0.15) is 0 Å². The molecule has 1 aromatic carbocycles. The van der Waals surface area contributed by atoms with Gasteiger partial charge in [0, 0.05) is 10.8 Å². The molecule has 11 heavy (non-hydrogen) atoms. The Balaban J connectivity index is 2.47. The van der Waals surface area contributed by atoms with Gasteiger partial charge in [-0.25, -0.2) is 0 Å². The summed E-state index contributed by atoms with van der Waals surface area (Å²) in [5.41, 5.74) is 1.49. The molecule has 0 spiro atoms. The van der Waals surface area contributed by atoms with Gasteiger partial charge in [-0.1, -0.05) is 41.1 Å². The lowest BCUT2D eigenvalue weighted by molar-refractivity contribution is 0.859. The Kier molecular flexibility index (Phi) is 1.98. The second-order valence-electron chi connectivity index (χ2n) is 2.80. The van der Waals surface area contributed by atoms with Crippen LogP contribution < -0.4 is 0 Å². The van der Waals surface area contributed by atoms with Crippen molar-refractivity contribution in [3.63, 3.8) is 0 Å². The highest BCUT2D eigenvalue weighted by Gasteiger charge is 2.26. The zero-order valence-corrected chi connectivity index (χ0v) is 8.65. The van der Waals surface area contributed by atoms with Gasteiger partial charge in [-0.15, -0.1) is 11.8 Å². The van der Waals surface area contributed by atoms with Gasteiger partial charge in [0.15, 0.2) is 0 Å². The third-order valence-electron chi connectivity index (χ3n) is 2.04. The Labute approximate surface area is 79.5 Å². The maximum atomic E-state index is 3.65. The Hall–Kier alpha value is 0.0500. The predicted molar refractivity (Wildman–Crippen MR) is 53.4 cm³/mol. The summed E-state index contributed by atoms with van der Waals surface area (Å²) in [6, 6.07) is 8.62. The van der Waals surface area contributed by atoms with E-state index in [4.69, 9.17) is 0 Å². The van der Waals surface area contributed by atoms with Crippen LogP contribution in [-0.2, 0) is 0 Å². The van der Waals surface area contributed by atoms with Crippen molar-refractivity contribution in [2.75, 3.05) is 0 Å². The molecule has 0 radical (unpaired) electrons. The molecule has 2 atom stereocenters. The Morgan fingerprint density at radius 1 is 1.36 bits per heavy atom. The summed E-state index contributed by atoms with van der Waals surface area (Å²) in [5, 5.41) is 0. The van der Waals surface area contributed by atoms with Crippen molar-refractivity contribution in [2.24, 2.45) is 0 Å². The zero-order valence-electron chi connectivity index (χ0n) is 6.25. The van der Waals surface area contributed by atoms with E-state index in [2.05, 4.69) is 47.1 Å². The summed E-state index contributed by atoms with van der Waals surface area (Å²) in [6.07, 6.45) is 0. The van der Waals surface area contributed by atoms with Crippen LogP contribution in [0.15, 0.2) is 29.2 Å². The predicted octanol–water partition coefficient (Wildman–Crippen LogP) is 3.62. The second-order valence-corrected chi connectivity index (χ2v) is 5.57. The number of rotatable bonds is 0. The fourth-order valence-electron chi connectivity index (χ4n) is 1.33. The molecule has 0 nitrogen and oxygen atoms in total. The first-order valence-electron chi connectivity index (χ1n) is 3.68. The van der Waals surface area contributed by atoms with Gasteiger partial charge in [-0.05, 0) is 11.6 Å². The Bertz CT molecular complexity index is 272. The lowest BCUT2D eigenvalue weighted by Crippen LogP contribution is -1.95. The zero-order chi connectivity index (χ0) is 7.84. The van der Waals surface area contributed by atoms with Crippen LogP contribution in [0.25, 0.3) is 0 Å². The molecule has 2 unspecified atom stereocenters. The highest BCUT2D eigenvalue weighted by Crippen LogP contribution is 2.47. The summed E-state index contributed by atoms with van der Waals surface area (Å²) in [4.78, 5) is 1.43. The summed E-state index contributed by atoms with van der Waals surface area (Å²) in [5.74, 6) is 0.649. The number of hydrogen-bond acceptors (Lipinski definition) is 1. The molecule has 0 aromatic heterocycles. The van der Waals surface area contributed by atoms with E-state index in [1.54, 1.807) is 0 Å². The average Bonchev–Trinajstić information content (AvgIpc) is 2.30. The van der Waals surface area contributed by atoms with Crippen molar-refractivity contribution >= 4 is 27.7 Å². The van der Waals surface area contributed by atoms with Crippen molar-refractivity contribution in [3.8, 4) is 0 Å². The monoisotopic (exact) mass is 228 g/mol. The molecule has 0 N–H and O–H groups in total. The van der Waals surface area contributed by atoms with Crippen LogP contribution in [0.3, 0.4) is 0 Å². The lowest BCUT2D eigenvalue weighted by Gasteiger charge is -2.05. The molecular weight excluding hydrogens is 220 g/mol. The molecule has 1 aliphatic heterocycles. The smallest absolute Gasteiger partial charge is 0.0713 e. The van der Waals surface area contributed by atoms with Gasteiger partial charge >= 0.3 is 0 Å². The summed E-state index contributed by atoms with van der Waals surface area (Å²) in [7, 11) is 0. The number of benzene rings is 1. The van der Waals surface area contributed by atoms with E-state index >= 15 is 0 Å². The number of alkyl halides is 1. The van der Waals surface area contributed by atoms with Crippen LogP contribution in [0.4, 0.5) is 0 Å². The number of fused-ring (bicyclic) bond motifs is 1. The second kappa shape index (κ2) is 2.83.